The van der Waals surface area contributed by atoms with E-state index in [1.807, 2.05) is 0 Å². The van der Waals surface area contributed by atoms with Crippen LogP contribution >= 0.6 is 0 Å². The SMILES string of the molecule is COc1ccc(N(c2cccc(-c3ccc(F)cc3F)n2)c2cccc(-c3ccc(F)cc3F)n2)cc1. The van der Waals surface area contributed by atoms with Gasteiger partial charge in [-0.25, -0.2) is 27.5 Å². The molecule has 0 amide bonds. The van der Waals surface area contributed by atoms with Gasteiger partial charge in [-0.2, -0.15) is 0 Å². The molecule has 0 aliphatic rings. The van der Waals surface area contributed by atoms with E-state index in [4.69, 9.17) is 4.74 Å². The van der Waals surface area contributed by atoms with E-state index in [9.17, 15) is 17.6 Å². The van der Waals surface area contributed by atoms with Gasteiger partial charge in [0.1, 0.15) is 40.7 Å². The summed E-state index contributed by atoms with van der Waals surface area (Å²) in [6, 6.07) is 23.7. The van der Waals surface area contributed by atoms with Crippen LogP contribution in [0.5, 0.6) is 5.75 Å². The van der Waals surface area contributed by atoms with Crippen molar-refractivity contribution in [3.8, 4) is 28.3 Å². The Morgan fingerprint density at radius 3 is 1.51 bits per heavy atom. The molecule has 0 radical (unpaired) electrons. The number of anilines is 3. The van der Waals surface area contributed by atoms with E-state index in [1.165, 1.54) is 12.1 Å². The molecule has 0 N–H and O–H groups in total. The minimum atomic E-state index is -0.743. The predicted molar refractivity (Wildman–Crippen MR) is 134 cm³/mol. The van der Waals surface area contributed by atoms with Gasteiger partial charge in [0.2, 0.25) is 0 Å². The van der Waals surface area contributed by atoms with Gasteiger partial charge in [-0.1, -0.05) is 12.1 Å². The maximum atomic E-state index is 14.5. The predicted octanol–water partition coefficient (Wildman–Crippen LogP) is 7.85. The highest BCUT2D eigenvalue weighted by atomic mass is 19.1. The summed E-state index contributed by atoms with van der Waals surface area (Å²) in [4.78, 5) is 11.0. The van der Waals surface area contributed by atoms with E-state index in [2.05, 4.69) is 9.97 Å². The highest BCUT2D eigenvalue weighted by Crippen LogP contribution is 2.36. The first kappa shape index (κ1) is 24.0. The molecule has 2 aromatic heterocycles. The van der Waals surface area contributed by atoms with Crippen LogP contribution in [0.2, 0.25) is 0 Å². The van der Waals surface area contributed by atoms with Crippen molar-refractivity contribution < 1.29 is 22.3 Å². The Morgan fingerprint density at radius 2 is 1.08 bits per heavy atom. The van der Waals surface area contributed by atoms with Crippen LogP contribution in [-0.2, 0) is 0 Å². The van der Waals surface area contributed by atoms with Crippen molar-refractivity contribution >= 4 is 17.3 Å². The molecule has 3 aromatic carbocycles. The molecule has 0 saturated heterocycles. The fourth-order valence-corrected chi connectivity index (χ4v) is 3.90. The summed E-state index contributed by atoms with van der Waals surface area (Å²) in [5.41, 5.74) is 1.48. The maximum Gasteiger partial charge on any atom is 0.139 e. The number of benzene rings is 3. The van der Waals surface area contributed by atoms with Crippen LogP contribution in [0, 0.1) is 23.3 Å². The van der Waals surface area contributed by atoms with Crippen molar-refractivity contribution in [2.24, 2.45) is 0 Å². The zero-order valence-electron chi connectivity index (χ0n) is 19.5. The van der Waals surface area contributed by atoms with Crippen LogP contribution in [0.15, 0.2) is 97.1 Å². The van der Waals surface area contributed by atoms with Gasteiger partial charge in [-0.15, -0.1) is 0 Å². The topological polar surface area (TPSA) is 38.2 Å². The van der Waals surface area contributed by atoms with Crippen molar-refractivity contribution in [3.63, 3.8) is 0 Å². The number of ether oxygens (including phenoxy) is 1. The van der Waals surface area contributed by atoms with Gasteiger partial charge in [0.15, 0.2) is 0 Å². The van der Waals surface area contributed by atoms with Gasteiger partial charge >= 0.3 is 0 Å². The van der Waals surface area contributed by atoms with E-state index >= 15 is 0 Å². The number of methoxy groups -OCH3 is 1. The summed E-state index contributed by atoms with van der Waals surface area (Å²) >= 11 is 0. The smallest absolute Gasteiger partial charge is 0.139 e. The standard InChI is InChI=1S/C29H19F4N3O/c1-37-21-12-10-20(11-13-21)36(28-6-2-4-26(34-28)22-14-8-18(30)16-24(22)32)29-7-3-5-27(35-29)23-15-9-19(31)17-25(23)33/h2-17H,1H3. The lowest BCUT2D eigenvalue weighted by Gasteiger charge is -2.24. The molecule has 0 bridgehead atoms. The highest BCUT2D eigenvalue weighted by Gasteiger charge is 2.19. The van der Waals surface area contributed by atoms with Gasteiger partial charge in [0, 0.05) is 28.9 Å². The van der Waals surface area contributed by atoms with Gasteiger partial charge in [0.25, 0.3) is 0 Å². The molecule has 0 fully saturated rings. The Hall–Kier alpha value is -4.72. The first-order valence-electron chi connectivity index (χ1n) is 11.2. The molecule has 4 nitrogen and oxygen atoms in total. The summed E-state index contributed by atoms with van der Waals surface area (Å²) in [5.74, 6) is -1.46. The fourth-order valence-electron chi connectivity index (χ4n) is 3.90. The molecule has 37 heavy (non-hydrogen) atoms. The number of pyridine rings is 2. The molecule has 184 valence electrons. The normalized spacial score (nSPS) is 10.8. The molecule has 0 aliphatic heterocycles. The molecule has 5 aromatic rings. The first-order valence-corrected chi connectivity index (χ1v) is 11.2. The van der Waals surface area contributed by atoms with E-state index in [0.717, 1.165) is 24.3 Å². The average Bonchev–Trinajstić information content (AvgIpc) is 2.90. The molecule has 5 rings (SSSR count). The van der Waals surface area contributed by atoms with E-state index < -0.39 is 23.3 Å². The second-order valence-electron chi connectivity index (χ2n) is 8.04. The monoisotopic (exact) mass is 501 g/mol. The van der Waals surface area contributed by atoms with Crippen molar-refractivity contribution in [1.29, 1.82) is 0 Å². The first-order chi connectivity index (χ1) is 17.9. The summed E-state index contributed by atoms with van der Waals surface area (Å²) < 4.78 is 61.2. The zero-order valence-corrected chi connectivity index (χ0v) is 19.5. The number of nitrogens with zero attached hydrogens (tertiary/aromatic N) is 3. The Kier molecular flexibility index (Phi) is 6.55. The third-order valence-electron chi connectivity index (χ3n) is 5.67. The molecule has 0 spiro atoms. The second-order valence-corrected chi connectivity index (χ2v) is 8.04. The van der Waals surface area contributed by atoms with Crippen molar-refractivity contribution in [2.75, 3.05) is 12.0 Å². The molecule has 2 heterocycles. The van der Waals surface area contributed by atoms with Crippen LogP contribution in [-0.4, -0.2) is 17.1 Å². The minimum Gasteiger partial charge on any atom is -0.497 e. The lowest BCUT2D eigenvalue weighted by Crippen LogP contribution is -2.13. The van der Waals surface area contributed by atoms with Gasteiger partial charge < -0.3 is 4.74 Å². The third-order valence-corrected chi connectivity index (χ3v) is 5.67. The van der Waals surface area contributed by atoms with E-state index in [-0.39, 0.29) is 22.5 Å². The Labute approximate surface area is 210 Å². The quantitative estimate of drug-likeness (QED) is 0.222. The summed E-state index contributed by atoms with van der Waals surface area (Å²) in [7, 11) is 1.55. The molecule has 0 atom stereocenters. The summed E-state index contributed by atoms with van der Waals surface area (Å²) in [5, 5.41) is 0. The van der Waals surface area contributed by atoms with E-state index in [1.54, 1.807) is 72.7 Å². The van der Waals surface area contributed by atoms with Crippen LogP contribution in [0.4, 0.5) is 34.9 Å². The Balaban J connectivity index is 1.65. The largest absolute Gasteiger partial charge is 0.497 e. The number of hydrogen-bond donors (Lipinski definition) is 0. The van der Waals surface area contributed by atoms with Crippen LogP contribution < -0.4 is 9.64 Å². The molecule has 0 unspecified atom stereocenters. The van der Waals surface area contributed by atoms with Gasteiger partial charge in [0.05, 0.1) is 18.5 Å². The molecule has 0 aliphatic carbocycles. The Bertz CT molecular complexity index is 1480. The number of hydrogen-bond acceptors (Lipinski definition) is 4. The molecular formula is C29H19F4N3O. The van der Waals surface area contributed by atoms with Crippen molar-refractivity contribution in [3.05, 3.63) is 120 Å². The van der Waals surface area contributed by atoms with Gasteiger partial charge in [-0.05, 0) is 72.8 Å². The zero-order chi connectivity index (χ0) is 25.9. The average molecular weight is 501 g/mol. The summed E-state index contributed by atoms with van der Waals surface area (Å²) in [6.07, 6.45) is 0. The highest BCUT2D eigenvalue weighted by molar-refractivity contribution is 5.76. The van der Waals surface area contributed by atoms with Crippen molar-refractivity contribution in [2.45, 2.75) is 0 Å². The molecular weight excluding hydrogens is 482 g/mol. The number of halogens is 4. The van der Waals surface area contributed by atoms with Crippen molar-refractivity contribution in [1.82, 2.24) is 9.97 Å². The maximum absolute atomic E-state index is 14.5. The Morgan fingerprint density at radius 1 is 0.595 bits per heavy atom. The fraction of sp³-hybridized carbons (Fsp3) is 0.0345. The third kappa shape index (κ3) is 4.99. The van der Waals surface area contributed by atoms with Gasteiger partial charge in [-0.3, -0.25) is 4.90 Å². The molecule has 0 saturated carbocycles. The lowest BCUT2D eigenvalue weighted by atomic mass is 10.1. The minimum absolute atomic E-state index is 0.132. The van der Waals surface area contributed by atoms with Crippen LogP contribution in [0.1, 0.15) is 0 Å². The van der Waals surface area contributed by atoms with Crippen LogP contribution in [0.3, 0.4) is 0 Å². The summed E-state index contributed by atoms with van der Waals surface area (Å²) in [6.45, 7) is 0. The lowest BCUT2D eigenvalue weighted by molar-refractivity contribution is 0.415. The number of rotatable bonds is 6. The van der Waals surface area contributed by atoms with E-state index in [0.29, 0.717) is 23.1 Å². The number of aromatic nitrogens is 2. The molecule has 8 heteroatoms. The van der Waals surface area contributed by atoms with Crippen LogP contribution in [0.25, 0.3) is 22.5 Å². The second kappa shape index (κ2) is 10.1.